The van der Waals surface area contributed by atoms with Gasteiger partial charge in [0.05, 0.1) is 11.5 Å². The molecule has 5 nitrogen and oxygen atoms in total. The van der Waals surface area contributed by atoms with Gasteiger partial charge in [0.1, 0.15) is 0 Å². The molecule has 0 aliphatic heterocycles. The molecule has 0 amide bonds. The molecule has 0 saturated carbocycles. The molecule has 0 aliphatic rings. The van der Waals surface area contributed by atoms with Gasteiger partial charge in [-0.1, -0.05) is 6.07 Å². The maximum absolute atomic E-state index is 12.2. The molecular formula is C12H20N2O3S2. The molecule has 0 fully saturated rings. The van der Waals surface area contributed by atoms with Gasteiger partial charge >= 0.3 is 0 Å². The minimum atomic E-state index is -3.62. The Bertz CT molecular complexity index is 528. The number of nitrogen functional groups attached to an aromatic ring is 1. The highest BCUT2D eigenvalue weighted by Crippen LogP contribution is 2.19. The average Bonchev–Trinajstić information content (AvgIpc) is 2.33. The van der Waals surface area contributed by atoms with E-state index in [1.165, 1.54) is 23.9 Å². The van der Waals surface area contributed by atoms with Crippen LogP contribution in [-0.2, 0) is 10.0 Å². The molecule has 1 aromatic rings. The number of aliphatic hydroxyl groups excluding tert-OH is 1. The number of hydrogen-bond acceptors (Lipinski definition) is 5. The first-order valence-electron chi connectivity index (χ1n) is 5.84. The third-order valence-electron chi connectivity index (χ3n) is 2.94. The summed E-state index contributed by atoms with van der Waals surface area (Å²) in [6, 6.07) is 4.27. The number of nitrogens with one attached hydrogen (secondary N) is 1. The molecule has 108 valence electrons. The van der Waals surface area contributed by atoms with Gasteiger partial charge in [0.15, 0.2) is 0 Å². The summed E-state index contributed by atoms with van der Waals surface area (Å²) >= 11 is 1.42. The molecular weight excluding hydrogens is 284 g/mol. The largest absolute Gasteiger partial charge is 0.398 e. The highest BCUT2D eigenvalue weighted by atomic mass is 32.2. The maximum atomic E-state index is 12.2. The molecule has 2 unspecified atom stereocenters. The summed E-state index contributed by atoms with van der Waals surface area (Å²) in [6.07, 6.45) is 1.83. The lowest BCUT2D eigenvalue weighted by Gasteiger charge is -2.21. The van der Waals surface area contributed by atoms with Crippen LogP contribution in [0.25, 0.3) is 0 Å². The quantitative estimate of drug-likeness (QED) is 0.681. The van der Waals surface area contributed by atoms with Crippen LogP contribution < -0.4 is 10.5 Å². The fourth-order valence-corrected chi connectivity index (χ4v) is 3.64. The second kappa shape index (κ2) is 6.60. The maximum Gasteiger partial charge on any atom is 0.240 e. The van der Waals surface area contributed by atoms with Crippen molar-refractivity contribution in [3.05, 3.63) is 23.8 Å². The molecule has 1 aromatic carbocycles. The third-order valence-corrected chi connectivity index (χ3v) is 5.66. The molecule has 0 bridgehead atoms. The highest BCUT2D eigenvalue weighted by Gasteiger charge is 2.23. The smallest absolute Gasteiger partial charge is 0.240 e. The third kappa shape index (κ3) is 4.10. The van der Waals surface area contributed by atoms with Crippen LogP contribution >= 0.6 is 11.8 Å². The number of anilines is 1. The van der Waals surface area contributed by atoms with Crippen molar-refractivity contribution in [2.45, 2.75) is 30.0 Å². The summed E-state index contributed by atoms with van der Waals surface area (Å²) in [6.45, 7) is 3.46. The Morgan fingerprint density at radius 2 is 2.11 bits per heavy atom. The molecule has 0 heterocycles. The number of thioether (sulfide) groups is 1. The molecule has 0 aliphatic carbocycles. The van der Waals surface area contributed by atoms with Crippen LogP contribution in [0.2, 0.25) is 0 Å². The van der Waals surface area contributed by atoms with Gasteiger partial charge in [-0.3, -0.25) is 0 Å². The van der Waals surface area contributed by atoms with Crippen LogP contribution in [0.3, 0.4) is 0 Å². The number of hydrogen-bond donors (Lipinski definition) is 3. The Balaban J connectivity index is 2.95. The second-order valence-electron chi connectivity index (χ2n) is 4.39. The lowest BCUT2D eigenvalue weighted by molar-refractivity contribution is 0.282. The lowest BCUT2D eigenvalue weighted by Crippen LogP contribution is -2.41. The molecule has 1 rings (SSSR count). The fraction of sp³-hybridized carbons (Fsp3) is 0.500. The number of aryl methyl sites for hydroxylation is 1. The van der Waals surface area contributed by atoms with E-state index in [9.17, 15) is 8.42 Å². The summed E-state index contributed by atoms with van der Waals surface area (Å²) in [5.74, 6) is 0. The molecule has 7 heteroatoms. The van der Waals surface area contributed by atoms with E-state index in [4.69, 9.17) is 10.8 Å². The van der Waals surface area contributed by atoms with Crippen molar-refractivity contribution in [2.24, 2.45) is 0 Å². The van der Waals surface area contributed by atoms with E-state index in [-0.39, 0.29) is 22.8 Å². The van der Waals surface area contributed by atoms with Crippen LogP contribution in [-0.4, -0.2) is 37.7 Å². The zero-order chi connectivity index (χ0) is 14.6. The average molecular weight is 304 g/mol. The first-order valence-corrected chi connectivity index (χ1v) is 8.61. The van der Waals surface area contributed by atoms with Crippen molar-refractivity contribution in [1.29, 1.82) is 0 Å². The molecule has 19 heavy (non-hydrogen) atoms. The Kier molecular flexibility index (Phi) is 5.66. The van der Waals surface area contributed by atoms with Crippen molar-refractivity contribution in [3.8, 4) is 0 Å². The van der Waals surface area contributed by atoms with E-state index >= 15 is 0 Å². The van der Waals surface area contributed by atoms with Gasteiger partial charge in [-0.15, -0.1) is 0 Å². The zero-order valence-corrected chi connectivity index (χ0v) is 12.9. The van der Waals surface area contributed by atoms with Gasteiger partial charge in [-0.2, -0.15) is 11.8 Å². The van der Waals surface area contributed by atoms with E-state index in [0.717, 1.165) is 5.56 Å². The van der Waals surface area contributed by atoms with Crippen LogP contribution in [0.4, 0.5) is 5.69 Å². The first-order chi connectivity index (χ1) is 8.81. The summed E-state index contributed by atoms with van der Waals surface area (Å²) in [7, 11) is -3.62. The lowest BCUT2D eigenvalue weighted by atomic mass is 10.2. The van der Waals surface area contributed by atoms with E-state index in [1.54, 1.807) is 13.0 Å². The Morgan fingerprint density at radius 1 is 1.47 bits per heavy atom. The van der Waals surface area contributed by atoms with Crippen LogP contribution in [0.5, 0.6) is 0 Å². The minimum Gasteiger partial charge on any atom is -0.398 e. The van der Waals surface area contributed by atoms with Crippen molar-refractivity contribution < 1.29 is 13.5 Å². The number of sulfonamides is 1. The summed E-state index contributed by atoms with van der Waals surface area (Å²) in [5.41, 5.74) is 7.00. The fourth-order valence-electron chi connectivity index (χ4n) is 1.61. The topological polar surface area (TPSA) is 92.4 Å². The monoisotopic (exact) mass is 304 g/mol. The molecule has 0 radical (unpaired) electrons. The SMILES string of the molecule is CSC(CO)C(C)NS(=O)(=O)c1ccc(C)c(N)c1. The van der Waals surface area contributed by atoms with E-state index in [0.29, 0.717) is 5.69 Å². The molecule has 0 aromatic heterocycles. The van der Waals surface area contributed by atoms with E-state index in [1.807, 2.05) is 13.2 Å². The first kappa shape index (κ1) is 16.3. The number of benzene rings is 1. The Labute approximate surface area is 118 Å². The molecule has 0 spiro atoms. The van der Waals surface area contributed by atoms with E-state index < -0.39 is 10.0 Å². The molecule has 2 atom stereocenters. The number of aliphatic hydroxyl groups is 1. The van der Waals surface area contributed by atoms with Crippen LogP contribution in [0.1, 0.15) is 12.5 Å². The van der Waals surface area contributed by atoms with Crippen molar-refractivity contribution in [1.82, 2.24) is 4.72 Å². The van der Waals surface area contributed by atoms with Crippen molar-refractivity contribution >= 4 is 27.5 Å². The van der Waals surface area contributed by atoms with Crippen molar-refractivity contribution in [3.63, 3.8) is 0 Å². The van der Waals surface area contributed by atoms with Gasteiger partial charge in [0.25, 0.3) is 0 Å². The Morgan fingerprint density at radius 3 is 2.58 bits per heavy atom. The standard InChI is InChI=1S/C12H20N2O3S2/c1-8-4-5-10(6-11(8)13)19(16,17)14-9(2)12(7-15)18-3/h4-6,9,12,14-15H,7,13H2,1-3H3. The number of nitrogens with two attached hydrogens (primary N) is 1. The van der Waals surface area contributed by atoms with Gasteiger partial charge in [0, 0.05) is 17.0 Å². The minimum absolute atomic E-state index is 0.0825. The normalized spacial score (nSPS) is 15.2. The predicted molar refractivity (Wildman–Crippen MR) is 79.8 cm³/mol. The van der Waals surface area contributed by atoms with E-state index in [2.05, 4.69) is 4.72 Å². The predicted octanol–water partition coefficient (Wildman–Crippen LogP) is 0.968. The van der Waals surface area contributed by atoms with Crippen molar-refractivity contribution in [2.75, 3.05) is 18.6 Å². The van der Waals surface area contributed by atoms with Crippen LogP contribution in [0, 0.1) is 6.92 Å². The summed E-state index contributed by atoms with van der Waals surface area (Å²) in [4.78, 5) is 0.139. The van der Waals surface area contributed by atoms with Gasteiger partial charge in [-0.25, -0.2) is 13.1 Å². The van der Waals surface area contributed by atoms with Crippen LogP contribution in [0.15, 0.2) is 23.1 Å². The molecule has 0 saturated heterocycles. The molecule has 4 N–H and O–H groups in total. The second-order valence-corrected chi connectivity index (χ2v) is 7.18. The summed E-state index contributed by atoms with van der Waals surface area (Å²) < 4.78 is 26.9. The Hall–Kier alpha value is -0.760. The summed E-state index contributed by atoms with van der Waals surface area (Å²) in [5, 5.41) is 8.99. The number of rotatable bonds is 6. The van der Waals surface area contributed by atoms with Gasteiger partial charge in [0.2, 0.25) is 10.0 Å². The van der Waals surface area contributed by atoms with Gasteiger partial charge in [-0.05, 0) is 37.8 Å². The highest BCUT2D eigenvalue weighted by molar-refractivity contribution is 7.99. The zero-order valence-electron chi connectivity index (χ0n) is 11.3. The van der Waals surface area contributed by atoms with Gasteiger partial charge < -0.3 is 10.8 Å².